The van der Waals surface area contributed by atoms with Gasteiger partial charge in [-0.1, -0.05) is 64.8 Å². The lowest BCUT2D eigenvalue weighted by molar-refractivity contribution is 0.373. The Bertz CT molecular complexity index is 313. The number of halogens is 2. The third kappa shape index (κ3) is 5.72. The number of alkyl halides is 1. The molecule has 0 saturated carbocycles. The molecular formula is C13H18Br2. The molecule has 1 aromatic carbocycles. The molecule has 0 N–H and O–H groups in total. The van der Waals surface area contributed by atoms with Crippen molar-refractivity contribution in [3.8, 4) is 0 Å². The van der Waals surface area contributed by atoms with E-state index in [1.807, 2.05) is 0 Å². The number of hydrogen-bond donors (Lipinski definition) is 0. The van der Waals surface area contributed by atoms with Crippen molar-refractivity contribution < 1.29 is 0 Å². The van der Waals surface area contributed by atoms with E-state index in [1.54, 1.807) is 0 Å². The van der Waals surface area contributed by atoms with Crippen LogP contribution in [0.2, 0.25) is 0 Å². The van der Waals surface area contributed by atoms with E-state index in [-0.39, 0.29) is 0 Å². The van der Waals surface area contributed by atoms with Crippen molar-refractivity contribution in [1.82, 2.24) is 0 Å². The lowest BCUT2D eigenvalue weighted by atomic mass is 9.89. The van der Waals surface area contributed by atoms with Crippen LogP contribution in [0.25, 0.3) is 0 Å². The van der Waals surface area contributed by atoms with Gasteiger partial charge in [0.15, 0.2) is 0 Å². The van der Waals surface area contributed by atoms with Crippen molar-refractivity contribution in [2.24, 2.45) is 5.41 Å². The van der Waals surface area contributed by atoms with Crippen LogP contribution in [0.4, 0.5) is 0 Å². The smallest absolute Gasteiger partial charge is 0.0191 e. The van der Waals surface area contributed by atoms with Gasteiger partial charge in [-0.3, -0.25) is 0 Å². The van der Waals surface area contributed by atoms with Crippen LogP contribution >= 0.6 is 31.9 Å². The summed E-state index contributed by atoms with van der Waals surface area (Å²) in [5, 5.41) is 0. The third-order valence-corrected chi connectivity index (χ3v) is 3.32. The normalized spacial score (nSPS) is 13.9. The first-order valence-electron chi connectivity index (χ1n) is 5.25. The highest BCUT2D eigenvalue weighted by Crippen LogP contribution is 2.27. The van der Waals surface area contributed by atoms with E-state index in [1.165, 1.54) is 12.0 Å². The van der Waals surface area contributed by atoms with Crippen LogP contribution in [0.15, 0.2) is 28.7 Å². The van der Waals surface area contributed by atoms with Crippen LogP contribution in [-0.2, 0) is 6.42 Å². The summed E-state index contributed by atoms with van der Waals surface area (Å²) in [5.41, 5.74) is 1.77. The van der Waals surface area contributed by atoms with E-state index in [4.69, 9.17) is 0 Å². The van der Waals surface area contributed by atoms with Crippen LogP contribution < -0.4 is 0 Å². The first kappa shape index (κ1) is 13.2. The number of hydrogen-bond acceptors (Lipinski definition) is 0. The molecule has 2 heteroatoms. The predicted octanol–water partition coefficient (Wildman–Crippen LogP) is 5.19. The van der Waals surface area contributed by atoms with Crippen LogP contribution in [-0.4, -0.2) is 4.83 Å². The molecule has 1 aromatic rings. The topological polar surface area (TPSA) is 0 Å². The van der Waals surface area contributed by atoms with E-state index in [0.29, 0.717) is 10.2 Å². The summed E-state index contributed by atoms with van der Waals surface area (Å²) < 4.78 is 1.16. The molecule has 1 atom stereocenters. The fourth-order valence-corrected chi connectivity index (χ4v) is 3.45. The Balaban J connectivity index is 2.55. The Morgan fingerprint density at radius 2 is 1.93 bits per heavy atom. The minimum Gasteiger partial charge on any atom is -0.0887 e. The van der Waals surface area contributed by atoms with Crippen LogP contribution in [0.3, 0.4) is 0 Å². The SMILES string of the molecule is CC(C)(C)CC(Br)Cc1cccc(Br)c1. The Hall–Kier alpha value is 0.180. The second kappa shape index (κ2) is 5.49. The predicted molar refractivity (Wildman–Crippen MR) is 74.6 cm³/mol. The summed E-state index contributed by atoms with van der Waals surface area (Å²) in [5.74, 6) is 0. The highest BCUT2D eigenvalue weighted by molar-refractivity contribution is 9.10. The molecule has 0 bridgehead atoms. The molecule has 0 aliphatic rings. The molecule has 0 aromatic heterocycles. The van der Waals surface area contributed by atoms with Gasteiger partial charge in [0.2, 0.25) is 0 Å². The summed E-state index contributed by atoms with van der Waals surface area (Å²) >= 11 is 7.26. The van der Waals surface area contributed by atoms with Gasteiger partial charge in [0.25, 0.3) is 0 Å². The van der Waals surface area contributed by atoms with Crippen molar-refractivity contribution in [2.75, 3.05) is 0 Å². The van der Waals surface area contributed by atoms with E-state index >= 15 is 0 Å². The maximum absolute atomic E-state index is 3.76. The molecule has 0 nitrogen and oxygen atoms in total. The molecule has 84 valence electrons. The Morgan fingerprint density at radius 1 is 1.27 bits per heavy atom. The molecule has 0 spiro atoms. The van der Waals surface area contributed by atoms with E-state index < -0.39 is 0 Å². The van der Waals surface area contributed by atoms with Crippen molar-refractivity contribution >= 4 is 31.9 Å². The van der Waals surface area contributed by atoms with Crippen LogP contribution in [0.1, 0.15) is 32.8 Å². The van der Waals surface area contributed by atoms with Gasteiger partial charge in [0.1, 0.15) is 0 Å². The van der Waals surface area contributed by atoms with E-state index in [9.17, 15) is 0 Å². The summed E-state index contributed by atoms with van der Waals surface area (Å²) in [6.07, 6.45) is 2.29. The number of rotatable bonds is 3. The molecular weight excluding hydrogens is 316 g/mol. The summed E-state index contributed by atoms with van der Waals surface area (Å²) in [6, 6.07) is 8.53. The van der Waals surface area contributed by atoms with Gasteiger partial charge >= 0.3 is 0 Å². The zero-order valence-electron chi connectivity index (χ0n) is 9.56. The van der Waals surface area contributed by atoms with E-state index in [0.717, 1.165) is 10.9 Å². The molecule has 15 heavy (non-hydrogen) atoms. The lowest BCUT2D eigenvalue weighted by Gasteiger charge is -2.22. The van der Waals surface area contributed by atoms with Gasteiger partial charge in [-0.2, -0.15) is 0 Å². The molecule has 0 saturated heterocycles. The van der Waals surface area contributed by atoms with Crippen molar-refractivity contribution in [3.05, 3.63) is 34.3 Å². The molecule has 0 heterocycles. The number of benzene rings is 1. The van der Waals surface area contributed by atoms with Crippen molar-refractivity contribution in [2.45, 2.75) is 38.4 Å². The summed E-state index contributed by atoms with van der Waals surface area (Å²) in [4.78, 5) is 0.562. The first-order chi connectivity index (χ1) is 6.87. The maximum Gasteiger partial charge on any atom is 0.0191 e. The minimum atomic E-state index is 0.389. The van der Waals surface area contributed by atoms with Gasteiger partial charge in [-0.25, -0.2) is 0 Å². The quantitative estimate of drug-likeness (QED) is 0.667. The van der Waals surface area contributed by atoms with Gasteiger partial charge in [-0.15, -0.1) is 0 Å². The monoisotopic (exact) mass is 332 g/mol. The summed E-state index contributed by atoms with van der Waals surface area (Å²) in [7, 11) is 0. The van der Waals surface area contributed by atoms with Crippen molar-refractivity contribution in [1.29, 1.82) is 0 Å². The van der Waals surface area contributed by atoms with Crippen LogP contribution in [0.5, 0.6) is 0 Å². The van der Waals surface area contributed by atoms with Gasteiger partial charge in [0, 0.05) is 9.30 Å². The molecule has 1 unspecified atom stereocenters. The summed E-state index contributed by atoms with van der Waals surface area (Å²) in [6.45, 7) is 6.84. The maximum atomic E-state index is 3.76. The molecule has 0 fully saturated rings. The molecule has 0 aliphatic heterocycles. The van der Waals surface area contributed by atoms with Crippen molar-refractivity contribution in [3.63, 3.8) is 0 Å². The lowest BCUT2D eigenvalue weighted by Crippen LogP contribution is -2.14. The standard InChI is InChI=1S/C13H18Br2/c1-13(2,3)9-12(15)8-10-5-4-6-11(14)7-10/h4-7,12H,8-9H2,1-3H3. The Kier molecular flexibility index (Phi) is 4.85. The Labute approximate surface area is 110 Å². The van der Waals surface area contributed by atoms with Gasteiger partial charge in [-0.05, 0) is 36.0 Å². The van der Waals surface area contributed by atoms with Gasteiger partial charge < -0.3 is 0 Å². The molecule has 0 aliphatic carbocycles. The first-order valence-corrected chi connectivity index (χ1v) is 6.96. The fraction of sp³-hybridized carbons (Fsp3) is 0.538. The highest BCUT2D eigenvalue weighted by atomic mass is 79.9. The average Bonchev–Trinajstić information content (AvgIpc) is 1.99. The minimum absolute atomic E-state index is 0.389. The molecule has 0 radical (unpaired) electrons. The second-order valence-electron chi connectivity index (χ2n) is 5.20. The second-order valence-corrected chi connectivity index (χ2v) is 7.41. The molecule has 0 amide bonds. The zero-order chi connectivity index (χ0) is 11.5. The fourth-order valence-electron chi connectivity index (χ4n) is 1.66. The average molecular weight is 334 g/mol. The van der Waals surface area contributed by atoms with E-state index in [2.05, 4.69) is 76.9 Å². The van der Waals surface area contributed by atoms with Gasteiger partial charge in [0.05, 0.1) is 0 Å². The third-order valence-electron chi connectivity index (χ3n) is 2.18. The Morgan fingerprint density at radius 3 is 2.47 bits per heavy atom. The van der Waals surface area contributed by atoms with Crippen LogP contribution in [0, 0.1) is 5.41 Å². The zero-order valence-corrected chi connectivity index (χ0v) is 12.7. The molecule has 1 rings (SSSR count). The largest absolute Gasteiger partial charge is 0.0887 e. The highest BCUT2D eigenvalue weighted by Gasteiger charge is 2.16.